The lowest BCUT2D eigenvalue weighted by molar-refractivity contribution is 0.283. The van der Waals surface area contributed by atoms with E-state index in [-0.39, 0.29) is 0 Å². The fourth-order valence-corrected chi connectivity index (χ4v) is 0.282. The summed E-state index contributed by atoms with van der Waals surface area (Å²) in [6.07, 6.45) is 0.936. The van der Waals surface area contributed by atoms with E-state index in [4.69, 9.17) is 10.2 Å². The number of hydrogen-bond donors (Lipinski definition) is 1. The second-order valence-corrected chi connectivity index (χ2v) is 2.39. The van der Waals surface area contributed by atoms with Gasteiger partial charge in [0.2, 0.25) is 0 Å². The molecule has 0 amide bonds. The Labute approximate surface area is 50.2 Å². The van der Waals surface area contributed by atoms with Gasteiger partial charge >= 0.3 is 7.82 Å². The van der Waals surface area contributed by atoms with Gasteiger partial charge in [-0.15, -0.1) is 5.26 Å². The predicted octanol–water partition coefficient (Wildman–Crippen LogP) is 0.755. The largest absolute Gasteiger partial charge is 0.554 e. The van der Waals surface area contributed by atoms with Gasteiger partial charge in [0.1, 0.15) is 0 Å². The average molecular weight is 157 g/mol. The summed E-state index contributed by atoms with van der Waals surface area (Å²) in [5.74, 6) is 0. The monoisotopic (exact) mass is 157 g/mol. The van der Waals surface area contributed by atoms with Crippen molar-refractivity contribution in [3.05, 3.63) is 0 Å². The third-order valence-corrected chi connectivity index (χ3v) is 1.25. The molecule has 0 aliphatic carbocycles. The van der Waals surface area contributed by atoms with Gasteiger partial charge in [-0.25, -0.2) is 4.57 Å². The van der Waals surface area contributed by atoms with Gasteiger partial charge < -0.3 is 4.52 Å². The topological polar surface area (TPSA) is 79.5 Å². The molecule has 0 spiro atoms. The summed E-state index contributed by atoms with van der Waals surface area (Å²) in [5, 5.41) is 7.59. The summed E-state index contributed by atoms with van der Waals surface area (Å²) in [4.78, 5) is 8.08. The summed E-state index contributed by atoms with van der Waals surface area (Å²) in [5.41, 5.74) is 0. The van der Waals surface area contributed by atoms with Crippen LogP contribution in [-0.4, -0.2) is 4.89 Å². The summed E-state index contributed by atoms with van der Waals surface area (Å²) in [7, 11) is -4.27. The van der Waals surface area contributed by atoms with Gasteiger partial charge in [0.05, 0.1) is 11.9 Å². The smallest absolute Gasteiger partial charge is 0.327 e. The minimum atomic E-state index is -4.27. The highest BCUT2D eigenvalue weighted by Crippen LogP contribution is 2.43. The van der Waals surface area contributed by atoms with E-state index in [0.717, 1.165) is 6.26 Å². The molecule has 0 aliphatic heterocycles. The number of phosphoric acid groups is 1. The van der Waals surface area contributed by atoms with Crippen molar-refractivity contribution in [2.75, 3.05) is 0 Å². The lowest BCUT2D eigenvalue weighted by Gasteiger charge is -1.96. The highest BCUT2D eigenvalue weighted by Gasteiger charge is 2.20. The van der Waals surface area contributed by atoms with E-state index in [0.29, 0.717) is 0 Å². The van der Waals surface area contributed by atoms with Gasteiger partial charge in [-0.1, -0.05) is 0 Å². The van der Waals surface area contributed by atoms with Crippen LogP contribution in [-0.2, 0) is 13.2 Å². The Bertz CT molecular complexity index is 151. The van der Waals surface area contributed by atoms with Gasteiger partial charge in [-0.2, -0.15) is 4.08 Å². The maximum Gasteiger partial charge on any atom is 0.554 e. The molecule has 1 unspecified atom stereocenters. The highest BCUT2D eigenvalue weighted by atomic mass is 35.5. The van der Waals surface area contributed by atoms with Crippen molar-refractivity contribution in [2.45, 2.75) is 0 Å². The molecule has 0 aliphatic rings. The van der Waals surface area contributed by atoms with E-state index < -0.39 is 7.82 Å². The van der Waals surface area contributed by atoms with Crippen LogP contribution in [0.3, 0.4) is 0 Å². The molecule has 0 fully saturated rings. The zero-order valence-electron chi connectivity index (χ0n) is 3.44. The van der Waals surface area contributed by atoms with E-state index >= 15 is 0 Å². The SMILES string of the molecule is N#COP(=O)(O)OCl. The average Bonchev–Trinajstić information content (AvgIpc) is 1.67. The van der Waals surface area contributed by atoms with Gasteiger partial charge in [0, 0.05) is 0 Å². The number of nitriles is 1. The highest BCUT2D eigenvalue weighted by molar-refractivity contribution is 7.48. The van der Waals surface area contributed by atoms with Crippen LogP contribution in [0.25, 0.3) is 0 Å². The Balaban J connectivity index is 3.78. The molecule has 5 nitrogen and oxygen atoms in total. The Morgan fingerprint density at radius 3 is 2.50 bits per heavy atom. The van der Waals surface area contributed by atoms with Crippen molar-refractivity contribution in [3.63, 3.8) is 0 Å². The maximum atomic E-state index is 9.94. The molecular formula is CHClNO4P. The van der Waals surface area contributed by atoms with Crippen LogP contribution >= 0.6 is 19.7 Å². The van der Waals surface area contributed by atoms with Gasteiger partial charge in [-0.3, -0.25) is 4.89 Å². The molecule has 0 heterocycles. The van der Waals surface area contributed by atoms with Crippen LogP contribution < -0.4 is 0 Å². The quantitative estimate of drug-likeness (QED) is 0.473. The third-order valence-electron chi connectivity index (χ3n) is 0.243. The number of hydrogen-bond acceptors (Lipinski definition) is 4. The Morgan fingerprint density at radius 1 is 1.88 bits per heavy atom. The molecule has 0 aromatic rings. The molecule has 0 saturated heterocycles. The Hall–Kier alpha value is -0.270. The van der Waals surface area contributed by atoms with Crippen LogP contribution in [0.15, 0.2) is 0 Å². The van der Waals surface area contributed by atoms with Crippen LogP contribution in [0.4, 0.5) is 0 Å². The normalized spacial score (nSPS) is 16.1. The minimum absolute atomic E-state index is 0.936. The van der Waals surface area contributed by atoms with Crippen molar-refractivity contribution >= 4 is 19.7 Å². The van der Waals surface area contributed by atoms with Crippen LogP contribution in [0, 0.1) is 11.5 Å². The number of rotatable bonds is 2. The molecule has 8 heavy (non-hydrogen) atoms. The molecule has 0 saturated carbocycles. The van der Waals surface area contributed by atoms with E-state index in [1.54, 1.807) is 0 Å². The second kappa shape index (κ2) is 2.90. The summed E-state index contributed by atoms with van der Waals surface area (Å²) >= 11 is 4.38. The van der Waals surface area contributed by atoms with Crippen molar-refractivity contribution in [1.29, 1.82) is 5.26 Å². The summed E-state index contributed by atoms with van der Waals surface area (Å²) in [6.45, 7) is 0. The van der Waals surface area contributed by atoms with E-state index in [1.807, 2.05) is 0 Å². The Kier molecular flexibility index (Phi) is 2.80. The first-order valence-corrected chi connectivity index (χ1v) is 3.13. The lowest BCUT2D eigenvalue weighted by Crippen LogP contribution is -1.78. The maximum absolute atomic E-state index is 9.94. The first-order chi connectivity index (χ1) is 3.62. The van der Waals surface area contributed by atoms with E-state index in [2.05, 4.69) is 20.5 Å². The van der Waals surface area contributed by atoms with Crippen molar-refractivity contribution in [2.24, 2.45) is 0 Å². The number of phosphoric ester groups is 1. The van der Waals surface area contributed by atoms with Crippen LogP contribution in [0.1, 0.15) is 0 Å². The minimum Gasteiger partial charge on any atom is -0.327 e. The van der Waals surface area contributed by atoms with Gasteiger partial charge in [0.15, 0.2) is 0 Å². The molecule has 1 N–H and O–H groups in total. The molecular weight excluding hydrogens is 156 g/mol. The standard InChI is InChI=1S/CHClNO4P/c2-7-8(4,5)6-1-3/h(H,4,5). The Morgan fingerprint density at radius 2 is 2.38 bits per heavy atom. The van der Waals surface area contributed by atoms with E-state index in [1.165, 1.54) is 0 Å². The zero-order valence-corrected chi connectivity index (χ0v) is 5.09. The zero-order chi connectivity index (χ0) is 6.62. The van der Waals surface area contributed by atoms with E-state index in [9.17, 15) is 4.57 Å². The molecule has 1 atom stereocenters. The molecule has 0 bridgehead atoms. The number of halogens is 1. The molecule has 0 aromatic carbocycles. The number of nitrogens with zero attached hydrogens (tertiary/aromatic N) is 1. The second-order valence-electron chi connectivity index (χ2n) is 0.720. The van der Waals surface area contributed by atoms with Gasteiger partial charge in [0.25, 0.3) is 6.26 Å². The van der Waals surface area contributed by atoms with Crippen molar-refractivity contribution in [3.8, 4) is 6.26 Å². The molecule has 0 radical (unpaired) electrons. The molecule has 7 heteroatoms. The fraction of sp³-hybridized carbons (Fsp3) is 0. The summed E-state index contributed by atoms with van der Waals surface area (Å²) in [6, 6.07) is 0. The van der Waals surface area contributed by atoms with Crippen molar-refractivity contribution in [1.82, 2.24) is 0 Å². The van der Waals surface area contributed by atoms with Crippen LogP contribution in [0.5, 0.6) is 0 Å². The lowest BCUT2D eigenvalue weighted by atomic mass is 11.6. The molecule has 0 rings (SSSR count). The molecule has 46 valence electrons. The van der Waals surface area contributed by atoms with Gasteiger partial charge in [-0.05, 0) is 0 Å². The first-order valence-electron chi connectivity index (χ1n) is 1.33. The fourth-order valence-electron chi connectivity index (χ4n) is 0.0657. The van der Waals surface area contributed by atoms with Crippen LogP contribution in [0.2, 0.25) is 0 Å². The predicted molar refractivity (Wildman–Crippen MR) is 23.5 cm³/mol. The molecule has 0 aromatic heterocycles. The first kappa shape index (κ1) is 7.73. The van der Waals surface area contributed by atoms with Crippen molar-refractivity contribution < 1.29 is 18.1 Å². The third kappa shape index (κ3) is 2.83. The summed E-state index contributed by atoms with van der Waals surface area (Å²) < 4.78 is 16.7.